The Hall–Kier alpha value is -1.95. The molecule has 0 fully saturated rings. The zero-order valence-electron chi connectivity index (χ0n) is 10.3. The molecule has 1 aromatic heterocycles. The Balaban J connectivity index is 2.16. The van der Waals surface area contributed by atoms with Crippen LogP contribution in [0.4, 0.5) is 11.4 Å². The number of hydrogen-bond acceptors (Lipinski definition) is 4. The van der Waals surface area contributed by atoms with Crippen molar-refractivity contribution in [2.24, 2.45) is 0 Å². The minimum Gasteiger partial charge on any atom is -0.375 e. The summed E-state index contributed by atoms with van der Waals surface area (Å²) in [6.07, 6.45) is 1.76. The third-order valence-electron chi connectivity index (χ3n) is 2.61. The molecule has 19 heavy (non-hydrogen) atoms. The number of nitro benzene ring substituents is 1. The molecule has 0 aliphatic carbocycles. The summed E-state index contributed by atoms with van der Waals surface area (Å²) in [5, 5.41) is 14.0. The van der Waals surface area contributed by atoms with E-state index in [9.17, 15) is 10.1 Å². The Labute approximate surface area is 119 Å². The molecule has 0 aliphatic heterocycles. The number of benzene rings is 1. The number of nitrogens with one attached hydrogen (secondary N) is 1. The summed E-state index contributed by atoms with van der Waals surface area (Å²) in [5.41, 5.74) is 2.46. The van der Waals surface area contributed by atoms with Gasteiger partial charge in [-0.15, -0.1) is 0 Å². The summed E-state index contributed by atoms with van der Waals surface area (Å²) in [4.78, 5) is 14.7. The van der Waals surface area contributed by atoms with Crippen molar-refractivity contribution < 1.29 is 4.92 Å². The molecule has 98 valence electrons. The molecule has 6 heteroatoms. The largest absolute Gasteiger partial charge is 0.375 e. The Morgan fingerprint density at radius 2 is 2.16 bits per heavy atom. The number of aryl methyl sites for hydroxylation is 1. The van der Waals surface area contributed by atoms with Crippen molar-refractivity contribution in [1.29, 1.82) is 0 Å². The highest BCUT2D eigenvalue weighted by molar-refractivity contribution is 9.10. The number of nitro groups is 1. The van der Waals surface area contributed by atoms with Gasteiger partial charge in [0.2, 0.25) is 0 Å². The van der Waals surface area contributed by atoms with Gasteiger partial charge in [0.25, 0.3) is 5.69 Å². The second-order valence-corrected chi connectivity index (χ2v) is 5.00. The zero-order valence-corrected chi connectivity index (χ0v) is 11.8. The van der Waals surface area contributed by atoms with Crippen molar-refractivity contribution in [2.45, 2.75) is 13.5 Å². The molecule has 5 nitrogen and oxygen atoms in total. The van der Waals surface area contributed by atoms with E-state index < -0.39 is 4.92 Å². The van der Waals surface area contributed by atoms with E-state index in [2.05, 4.69) is 26.2 Å². The number of rotatable bonds is 4. The van der Waals surface area contributed by atoms with Crippen LogP contribution in [0.5, 0.6) is 0 Å². The first kappa shape index (κ1) is 13.5. The topological polar surface area (TPSA) is 68.1 Å². The van der Waals surface area contributed by atoms with E-state index in [0.717, 1.165) is 15.7 Å². The monoisotopic (exact) mass is 321 g/mol. The second kappa shape index (κ2) is 5.79. The summed E-state index contributed by atoms with van der Waals surface area (Å²) >= 11 is 3.31. The average Bonchev–Trinajstić information content (AvgIpc) is 2.38. The standard InChI is InChI=1S/C13H12BrN3O2/c1-9-2-3-10(7-15-9)8-16-12-6-11(14)4-5-13(12)17(18)19/h2-7,16H,8H2,1H3. The highest BCUT2D eigenvalue weighted by Crippen LogP contribution is 2.28. The van der Waals surface area contributed by atoms with Crippen LogP contribution in [0.2, 0.25) is 0 Å². The summed E-state index contributed by atoms with van der Waals surface area (Å²) in [6.45, 7) is 2.40. The molecular weight excluding hydrogens is 310 g/mol. The molecule has 0 aliphatic rings. The maximum absolute atomic E-state index is 10.9. The second-order valence-electron chi connectivity index (χ2n) is 4.08. The number of pyridine rings is 1. The minimum atomic E-state index is -0.401. The van der Waals surface area contributed by atoms with Gasteiger partial charge in [0.15, 0.2) is 0 Å². The summed E-state index contributed by atoms with van der Waals surface area (Å²) in [5.74, 6) is 0. The van der Waals surface area contributed by atoms with Crippen LogP contribution in [0, 0.1) is 17.0 Å². The smallest absolute Gasteiger partial charge is 0.292 e. The fourth-order valence-electron chi connectivity index (χ4n) is 1.61. The zero-order chi connectivity index (χ0) is 13.8. The number of nitrogens with zero attached hydrogens (tertiary/aromatic N) is 2. The van der Waals surface area contributed by atoms with E-state index >= 15 is 0 Å². The summed E-state index contributed by atoms with van der Waals surface area (Å²) < 4.78 is 0.794. The van der Waals surface area contributed by atoms with Gasteiger partial charge in [-0.1, -0.05) is 22.0 Å². The van der Waals surface area contributed by atoms with Gasteiger partial charge in [-0.2, -0.15) is 0 Å². The maximum Gasteiger partial charge on any atom is 0.292 e. The van der Waals surface area contributed by atoms with E-state index in [-0.39, 0.29) is 5.69 Å². The molecular formula is C13H12BrN3O2. The molecule has 0 unspecified atom stereocenters. The highest BCUT2D eigenvalue weighted by Gasteiger charge is 2.13. The molecule has 1 N–H and O–H groups in total. The van der Waals surface area contributed by atoms with Gasteiger partial charge in [-0.25, -0.2) is 0 Å². The van der Waals surface area contributed by atoms with Crippen molar-refractivity contribution in [3.8, 4) is 0 Å². The number of anilines is 1. The third-order valence-corrected chi connectivity index (χ3v) is 3.10. The lowest BCUT2D eigenvalue weighted by Gasteiger charge is -2.07. The fraction of sp³-hybridized carbons (Fsp3) is 0.154. The quantitative estimate of drug-likeness (QED) is 0.689. The minimum absolute atomic E-state index is 0.0586. The molecule has 2 aromatic rings. The van der Waals surface area contributed by atoms with Crippen molar-refractivity contribution in [3.63, 3.8) is 0 Å². The lowest BCUT2D eigenvalue weighted by Crippen LogP contribution is -2.03. The van der Waals surface area contributed by atoms with Gasteiger partial charge >= 0.3 is 0 Å². The van der Waals surface area contributed by atoms with Gasteiger partial charge < -0.3 is 5.32 Å². The number of halogens is 1. The number of hydrogen-bond donors (Lipinski definition) is 1. The maximum atomic E-state index is 10.9. The molecule has 0 saturated carbocycles. The molecule has 1 aromatic carbocycles. The van der Waals surface area contributed by atoms with Crippen molar-refractivity contribution in [2.75, 3.05) is 5.32 Å². The fourth-order valence-corrected chi connectivity index (χ4v) is 1.97. The summed E-state index contributed by atoms with van der Waals surface area (Å²) in [7, 11) is 0. The van der Waals surface area contributed by atoms with Crippen molar-refractivity contribution in [3.05, 3.63) is 62.4 Å². The van der Waals surface area contributed by atoms with Crippen LogP contribution >= 0.6 is 15.9 Å². The van der Waals surface area contributed by atoms with Crippen molar-refractivity contribution in [1.82, 2.24) is 4.98 Å². The molecule has 0 spiro atoms. The Morgan fingerprint density at radius 1 is 1.37 bits per heavy atom. The Morgan fingerprint density at radius 3 is 2.79 bits per heavy atom. The van der Waals surface area contributed by atoms with Gasteiger partial charge in [0.05, 0.1) is 4.92 Å². The summed E-state index contributed by atoms with van der Waals surface area (Å²) in [6, 6.07) is 8.67. The van der Waals surface area contributed by atoms with Gasteiger partial charge in [0, 0.05) is 29.0 Å². The van der Waals surface area contributed by atoms with Crippen LogP contribution in [0.15, 0.2) is 41.0 Å². The van der Waals surface area contributed by atoms with E-state index in [1.54, 1.807) is 18.3 Å². The van der Waals surface area contributed by atoms with Crippen LogP contribution in [-0.4, -0.2) is 9.91 Å². The molecule has 2 rings (SSSR count). The Bertz CT molecular complexity index is 599. The van der Waals surface area contributed by atoms with Gasteiger partial charge in [0.1, 0.15) is 5.69 Å². The first-order chi connectivity index (χ1) is 9.06. The predicted octanol–water partition coefficient (Wildman–Crippen LogP) is 3.67. The van der Waals surface area contributed by atoms with E-state index in [4.69, 9.17) is 0 Å². The van der Waals surface area contributed by atoms with Crippen LogP contribution in [0.25, 0.3) is 0 Å². The molecule has 0 saturated heterocycles. The highest BCUT2D eigenvalue weighted by atomic mass is 79.9. The van der Waals surface area contributed by atoms with E-state index in [0.29, 0.717) is 12.2 Å². The first-order valence-electron chi connectivity index (χ1n) is 5.65. The van der Waals surface area contributed by atoms with Gasteiger partial charge in [-0.05, 0) is 30.7 Å². The Kier molecular flexibility index (Phi) is 4.11. The molecule has 0 bridgehead atoms. The van der Waals surface area contributed by atoms with Crippen LogP contribution in [-0.2, 0) is 6.54 Å². The lowest BCUT2D eigenvalue weighted by molar-refractivity contribution is -0.384. The molecule has 0 atom stereocenters. The van der Waals surface area contributed by atoms with Crippen LogP contribution in [0.3, 0.4) is 0 Å². The molecule has 1 heterocycles. The molecule has 0 radical (unpaired) electrons. The normalized spacial score (nSPS) is 10.2. The van der Waals surface area contributed by atoms with E-state index in [1.807, 2.05) is 19.1 Å². The lowest BCUT2D eigenvalue weighted by atomic mass is 10.2. The van der Waals surface area contributed by atoms with Crippen LogP contribution in [0.1, 0.15) is 11.3 Å². The third kappa shape index (κ3) is 3.51. The molecule has 0 amide bonds. The predicted molar refractivity (Wildman–Crippen MR) is 77.1 cm³/mol. The van der Waals surface area contributed by atoms with Gasteiger partial charge in [-0.3, -0.25) is 15.1 Å². The van der Waals surface area contributed by atoms with Crippen molar-refractivity contribution >= 4 is 27.3 Å². The first-order valence-corrected chi connectivity index (χ1v) is 6.45. The van der Waals surface area contributed by atoms with Crippen LogP contribution < -0.4 is 5.32 Å². The van der Waals surface area contributed by atoms with E-state index in [1.165, 1.54) is 6.07 Å². The average molecular weight is 322 g/mol. The number of aromatic nitrogens is 1. The SMILES string of the molecule is Cc1ccc(CNc2cc(Br)ccc2[N+](=O)[O-])cn1.